The van der Waals surface area contributed by atoms with E-state index in [1.807, 2.05) is 31.2 Å². The maximum atomic E-state index is 5.68. The second-order valence-electron chi connectivity index (χ2n) is 6.26. The predicted octanol–water partition coefficient (Wildman–Crippen LogP) is 3.61. The minimum absolute atomic E-state index is 0.303. The van der Waals surface area contributed by atoms with Crippen molar-refractivity contribution in [2.45, 2.75) is 32.2 Å². The summed E-state index contributed by atoms with van der Waals surface area (Å²) >= 11 is 0. The molecule has 0 spiro atoms. The maximum Gasteiger partial charge on any atom is 0.191 e. The average molecular weight is 322 g/mol. The number of aryl methyl sites for hydroxylation is 2. The van der Waals surface area contributed by atoms with Crippen LogP contribution in [0.5, 0.6) is 0 Å². The minimum Gasteiger partial charge on any atom is -0.446 e. The van der Waals surface area contributed by atoms with Gasteiger partial charge in [0.2, 0.25) is 0 Å². The van der Waals surface area contributed by atoms with Crippen molar-refractivity contribution in [3.05, 3.63) is 53.7 Å². The van der Waals surface area contributed by atoms with Crippen LogP contribution in [0.4, 0.5) is 5.82 Å². The predicted molar refractivity (Wildman–Crippen MR) is 95.2 cm³/mol. The van der Waals surface area contributed by atoms with Gasteiger partial charge in [-0.2, -0.15) is 0 Å². The lowest BCUT2D eigenvalue weighted by atomic mass is 9.97. The van der Waals surface area contributed by atoms with E-state index in [0.717, 1.165) is 66.4 Å². The lowest BCUT2D eigenvalue weighted by Gasteiger charge is -2.21. The zero-order valence-corrected chi connectivity index (χ0v) is 13.9. The van der Waals surface area contributed by atoms with Gasteiger partial charge in [0.25, 0.3) is 0 Å². The molecule has 3 aromatic rings. The van der Waals surface area contributed by atoms with Gasteiger partial charge >= 0.3 is 0 Å². The second-order valence-corrected chi connectivity index (χ2v) is 6.26. The van der Waals surface area contributed by atoms with E-state index in [4.69, 9.17) is 4.42 Å². The molecule has 5 heteroatoms. The molecule has 4 rings (SSSR count). The van der Waals surface area contributed by atoms with Gasteiger partial charge in [0.15, 0.2) is 5.89 Å². The number of oxazole rings is 1. The van der Waals surface area contributed by atoms with Crippen molar-refractivity contribution in [1.29, 1.82) is 0 Å². The molecule has 0 radical (unpaired) electrons. The lowest BCUT2D eigenvalue weighted by molar-refractivity contribution is 0.408. The zero-order chi connectivity index (χ0) is 16.4. The Hall–Kier alpha value is -2.40. The van der Waals surface area contributed by atoms with E-state index in [2.05, 4.69) is 32.7 Å². The zero-order valence-electron chi connectivity index (χ0n) is 13.9. The maximum absolute atomic E-state index is 5.68. The molecular formula is C19H22N4O. The molecule has 0 amide bonds. The Morgan fingerprint density at radius 1 is 1.12 bits per heavy atom. The minimum atomic E-state index is 0.303. The van der Waals surface area contributed by atoms with Gasteiger partial charge in [0.05, 0.1) is 17.3 Å². The van der Waals surface area contributed by atoms with E-state index >= 15 is 0 Å². The van der Waals surface area contributed by atoms with Crippen LogP contribution in [0.3, 0.4) is 0 Å². The van der Waals surface area contributed by atoms with Crippen LogP contribution in [-0.4, -0.2) is 23.1 Å². The number of nitrogens with one attached hydrogen (secondary N) is 2. The Labute approximate surface area is 141 Å². The second kappa shape index (κ2) is 6.61. The van der Waals surface area contributed by atoms with Crippen LogP contribution in [-0.2, 0) is 6.42 Å². The molecule has 2 aromatic heterocycles. The average Bonchev–Trinajstić information content (AvgIpc) is 2.99. The van der Waals surface area contributed by atoms with Gasteiger partial charge in [-0.1, -0.05) is 18.2 Å². The fourth-order valence-corrected chi connectivity index (χ4v) is 3.34. The van der Waals surface area contributed by atoms with E-state index < -0.39 is 0 Å². The van der Waals surface area contributed by atoms with Crippen LogP contribution in [0.15, 0.2) is 40.8 Å². The number of hydrogen-bond donors (Lipinski definition) is 2. The molecule has 24 heavy (non-hydrogen) atoms. The summed E-state index contributed by atoms with van der Waals surface area (Å²) in [4.78, 5) is 9.17. The standard InChI is InChI=1S/C19H22N4O/c1-13-22-19-16(7-4-8-17(19)24-13)20-11-12-21-18-10-9-14-5-2-3-6-15(14)23-18/h2-3,5-6,9-10,16,20H,4,7-8,11-12H2,1H3,(H,21,23). The Balaban J connectivity index is 1.33. The summed E-state index contributed by atoms with van der Waals surface area (Å²) < 4.78 is 5.68. The molecule has 1 atom stereocenters. The Bertz CT molecular complexity index is 842. The number of pyridine rings is 1. The summed E-state index contributed by atoms with van der Waals surface area (Å²) in [6.45, 7) is 3.61. The monoisotopic (exact) mass is 322 g/mol. The first-order valence-corrected chi connectivity index (χ1v) is 8.59. The van der Waals surface area contributed by atoms with Gasteiger partial charge in [0.1, 0.15) is 11.6 Å². The van der Waals surface area contributed by atoms with Crippen molar-refractivity contribution < 1.29 is 4.42 Å². The summed E-state index contributed by atoms with van der Waals surface area (Å²) in [5.74, 6) is 2.74. The van der Waals surface area contributed by atoms with Crippen LogP contribution >= 0.6 is 0 Å². The Kier molecular flexibility index (Phi) is 4.17. The molecule has 0 fully saturated rings. The molecule has 1 aromatic carbocycles. The van der Waals surface area contributed by atoms with Crippen molar-refractivity contribution in [1.82, 2.24) is 15.3 Å². The molecule has 0 saturated carbocycles. The van der Waals surface area contributed by atoms with Gasteiger partial charge in [-0.15, -0.1) is 0 Å². The van der Waals surface area contributed by atoms with Gasteiger partial charge in [-0.05, 0) is 31.0 Å². The summed E-state index contributed by atoms with van der Waals surface area (Å²) in [7, 11) is 0. The van der Waals surface area contributed by atoms with Gasteiger partial charge < -0.3 is 15.1 Å². The molecule has 0 aliphatic heterocycles. The van der Waals surface area contributed by atoms with Crippen LogP contribution in [0, 0.1) is 6.92 Å². The van der Waals surface area contributed by atoms with Gasteiger partial charge in [0, 0.05) is 31.8 Å². The third-order valence-electron chi connectivity index (χ3n) is 4.48. The highest BCUT2D eigenvalue weighted by molar-refractivity contribution is 5.80. The molecule has 124 valence electrons. The molecule has 5 nitrogen and oxygen atoms in total. The number of rotatable bonds is 5. The van der Waals surface area contributed by atoms with Crippen LogP contribution in [0.2, 0.25) is 0 Å². The molecule has 2 heterocycles. The van der Waals surface area contributed by atoms with Crippen molar-refractivity contribution in [2.75, 3.05) is 18.4 Å². The van der Waals surface area contributed by atoms with Crippen molar-refractivity contribution >= 4 is 16.7 Å². The van der Waals surface area contributed by atoms with E-state index in [0.29, 0.717) is 6.04 Å². The number of nitrogens with zero attached hydrogens (tertiary/aromatic N) is 2. The molecule has 0 saturated heterocycles. The topological polar surface area (TPSA) is 63.0 Å². The first kappa shape index (κ1) is 15.1. The summed E-state index contributed by atoms with van der Waals surface area (Å²) in [6.07, 6.45) is 3.28. The number of para-hydroxylation sites is 1. The van der Waals surface area contributed by atoms with Crippen LogP contribution in [0.25, 0.3) is 10.9 Å². The number of benzene rings is 1. The van der Waals surface area contributed by atoms with Crippen molar-refractivity contribution in [2.24, 2.45) is 0 Å². The molecule has 0 bridgehead atoms. The van der Waals surface area contributed by atoms with Gasteiger partial charge in [-0.25, -0.2) is 9.97 Å². The lowest BCUT2D eigenvalue weighted by Crippen LogP contribution is -2.29. The smallest absolute Gasteiger partial charge is 0.191 e. The van der Waals surface area contributed by atoms with Crippen molar-refractivity contribution in [3.63, 3.8) is 0 Å². The highest BCUT2D eigenvalue weighted by atomic mass is 16.4. The third-order valence-corrected chi connectivity index (χ3v) is 4.48. The number of anilines is 1. The van der Waals surface area contributed by atoms with E-state index in [1.54, 1.807) is 0 Å². The molecule has 1 aliphatic rings. The van der Waals surface area contributed by atoms with E-state index in [9.17, 15) is 0 Å². The number of hydrogen-bond acceptors (Lipinski definition) is 5. The summed E-state index contributed by atoms with van der Waals surface area (Å²) in [6, 6.07) is 12.6. The van der Waals surface area contributed by atoms with Crippen molar-refractivity contribution in [3.8, 4) is 0 Å². The first-order valence-electron chi connectivity index (χ1n) is 8.59. The molecule has 2 N–H and O–H groups in total. The molecule has 1 unspecified atom stereocenters. The highest BCUT2D eigenvalue weighted by Gasteiger charge is 2.24. The SMILES string of the molecule is Cc1nc2c(o1)CCCC2NCCNc1ccc2ccccc2n1. The number of fused-ring (bicyclic) bond motifs is 2. The van der Waals surface area contributed by atoms with Crippen LogP contribution < -0.4 is 10.6 Å². The summed E-state index contributed by atoms with van der Waals surface area (Å²) in [5, 5.41) is 8.14. The summed E-state index contributed by atoms with van der Waals surface area (Å²) in [5.41, 5.74) is 2.12. The highest BCUT2D eigenvalue weighted by Crippen LogP contribution is 2.29. The first-order chi connectivity index (χ1) is 11.8. The quantitative estimate of drug-likeness (QED) is 0.703. The fraction of sp³-hybridized carbons (Fsp3) is 0.368. The largest absolute Gasteiger partial charge is 0.446 e. The molecule has 1 aliphatic carbocycles. The normalized spacial score (nSPS) is 17.0. The van der Waals surface area contributed by atoms with E-state index in [-0.39, 0.29) is 0 Å². The third kappa shape index (κ3) is 3.12. The Morgan fingerprint density at radius 2 is 2.04 bits per heavy atom. The molecular weight excluding hydrogens is 300 g/mol. The van der Waals surface area contributed by atoms with Gasteiger partial charge in [-0.3, -0.25) is 0 Å². The van der Waals surface area contributed by atoms with E-state index in [1.165, 1.54) is 0 Å². The van der Waals surface area contributed by atoms with Crippen LogP contribution in [0.1, 0.15) is 36.2 Å². The Morgan fingerprint density at radius 3 is 3.00 bits per heavy atom. The number of aromatic nitrogens is 2. The fourth-order valence-electron chi connectivity index (χ4n) is 3.34.